The number of halogens is 1. The lowest BCUT2D eigenvalue weighted by atomic mass is 10.2. The van der Waals surface area contributed by atoms with E-state index in [9.17, 15) is 4.79 Å². The van der Waals surface area contributed by atoms with E-state index in [-0.39, 0.29) is 6.61 Å². The van der Waals surface area contributed by atoms with Gasteiger partial charge in [0.2, 0.25) is 5.88 Å². The van der Waals surface area contributed by atoms with Crippen LogP contribution in [0.4, 0.5) is 4.79 Å². The van der Waals surface area contributed by atoms with Crippen LogP contribution in [0.15, 0.2) is 48.7 Å². The number of ether oxygens (including phenoxy) is 2. The Morgan fingerprint density at radius 1 is 1.33 bits per heavy atom. The predicted molar refractivity (Wildman–Crippen MR) is 94.1 cm³/mol. The van der Waals surface area contributed by atoms with Crippen LogP contribution in [0.3, 0.4) is 0 Å². The van der Waals surface area contributed by atoms with Crippen molar-refractivity contribution in [3.05, 3.63) is 64.8 Å². The minimum absolute atomic E-state index is 0.258. The van der Waals surface area contributed by atoms with Crippen LogP contribution in [0.2, 0.25) is 5.02 Å². The lowest BCUT2D eigenvalue weighted by Crippen LogP contribution is -2.24. The van der Waals surface area contributed by atoms with E-state index in [4.69, 9.17) is 21.1 Å². The summed E-state index contributed by atoms with van der Waals surface area (Å²) in [7, 11) is 1.55. The van der Waals surface area contributed by atoms with E-state index >= 15 is 0 Å². The Hall–Kier alpha value is -2.53. The summed E-state index contributed by atoms with van der Waals surface area (Å²) >= 11 is 5.92. The average molecular weight is 347 g/mol. The van der Waals surface area contributed by atoms with E-state index in [1.807, 2.05) is 42.5 Å². The molecule has 5 nitrogen and oxygen atoms in total. The molecule has 0 saturated carbocycles. The molecule has 0 aliphatic rings. The number of amides is 1. The van der Waals surface area contributed by atoms with Gasteiger partial charge in [-0.15, -0.1) is 0 Å². The molecule has 1 amide bonds. The van der Waals surface area contributed by atoms with Gasteiger partial charge in [-0.1, -0.05) is 54.1 Å². The summed E-state index contributed by atoms with van der Waals surface area (Å²) in [4.78, 5) is 15.7. The standard InChI is InChI=1S/C18H19ClN2O3/c1-23-17-15(11-16(19)12-21-17)9-5-6-10-20-18(22)24-13-14-7-3-2-4-8-14/h2-5,7-9,11-12H,6,10,13H2,1H3,(H,20,22). The minimum atomic E-state index is -0.436. The van der Waals surface area contributed by atoms with Crippen LogP contribution < -0.4 is 10.1 Å². The molecular weight excluding hydrogens is 328 g/mol. The molecule has 2 aromatic rings. The van der Waals surface area contributed by atoms with E-state index in [1.54, 1.807) is 13.2 Å². The zero-order valence-electron chi connectivity index (χ0n) is 13.4. The molecule has 0 fully saturated rings. The third-order valence-electron chi connectivity index (χ3n) is 3.13. The van der Waals surface area contributed by atoms with Crippen molar-refractivity contribution in [3.8, 4) is 5.88 Å². The molecule has 6 heteroatoms. The fraction of sp³-hybridized carbons (Fsp3) is 0.222. The highest BCUT2D eigenvalue weighted by Gasteiger charge is 2.03. The summed E-state index contributed by atoms with van der Waals surface area (Å²) < 4.78 is 10.3. The summed E-state index contributed by atoms with van der Waals surface area (Å²) in [5.74, 6) is 0.505. The molecule has 0 aliphatic heterocycles. The quantitative estimate of drug-likeness (QED) is 0.767. The topological polar surface area (TPSA) is 60.5 Å². The van der Waals surface area contributed by atoms with Gasteiger partial charge in [-0.3, -0.25) is 0 Å². The van der Waals surface area contributed by atoms with Crippen LogP contribution in [0, 0.1) is 0 Å². The third-order valence-corrected chi connectivity index (χ3v) is 3.34. The first-order chi connectivity index (χ1) is 11.7. The van der Waals surface area contributed by atoms with Gasteiger partial charge in [-0.25, -0.2) is 9.78 Å². The number of hydrogen-bond acceptors (Lipinski definition) is 4. The average Bonchev–Trinajstić information content (AvgIpc) is 2.61. The third kappa shape index (κ3) is 5.93. The van der Waals surface area contributed by atoms with Crippen LogP contribution in [0.25, 0.3) is 6.08 Å². The molecule has 0 bridgehead atoms. The second kappa shape index (κ2) is 9.57. The largest absolute Gasteiger partial charge is 0.481 e. The van der Waals surface area contributed by atoms with Crippen LogP contribution in [-0.2, 0) is 11.3 Å². The van der Waals surface area contributed by atoms with E-state index in [0.717, 1.165) is 11.1 Å². The number of hydrogen-bond donors (Lipinski definition) is 1. The molecule has 0 spiro atoms. The molecule has 0 aliphatic carbocycles. The van der Waals surface area contributed by atoms with Crippen molar-refractivity contribution in [1.82, 2.24) is 10.3 Å². The molecule has 0 unspecified atom stereocenters. The summed E-state index contributed by atoms with van der Waals surface area (Å²) in [5, 5.41) is 3.23. The summed E-state index contributed by atoms with van der Waals surface area (Å²) in [5.41, 5.74) is 1.74. The van der Waals surface area contributed by atoms with Gasteiger partial charge >= 0.3 is 6.09 Å². The minimum Gasteiger partial charge on any atom is -0.481 e. The van der Waals surface area contributed by atoms with Gasteiger partial charge < -0.3 is 14.8 Å². The second-order valence-electron chi connectivity index (χ2n) is 4.93. The maximum Gasteiger partial charge on any atom is 0.407 e. The van der Waals surface area contributed by atoms with Gasteiger partial charge in [0, 0.05) is 18.3 Å². The van der Waals surface area contributed by atoms with Crippen LogP contribution >= 0.6 is 11.6 Å². The maximum atomic E-state index is 11.6. The van der Waals surface area contributed by atoms with Gasteiger partial charge in [0.15, 0.2) is 0 Å². The highest BCUT2D eigenvalue weighted by Crippen LogP contribution is 2.20. The SMILES string of the molecule is COc1ncc(Cl)cc1C=CCCNC(=O)OCc1ccccc1. The van der Waals surface area contributed by atoms with Crippen LogP contribution in [0.1, 0.15) is 17.5 Å². The van der Waals surface area contributed by atoms with Crippen molar-refractivity contribution in [2.24, 2.45) is 0 Å². The Bertz CT molecular complexity index is 690. The van der Waals surface area contributed by atoms with E-state index < -0.39 is 6.09 Å². The lowest BCUT2D eigenvalue weighted by molar-refractivity contribution is 0.140. The molecule has 1 N–H and O–H groups in total. The van der Waals surface area contributed by atoms with Crippen LogP contribution in [0.5, 0.6) is 5.88 Å². The highest BCUT2D eigenvalue weighted by molar-refractivity contribution is 6.30. The first kappa shape index (κ1) is 17.8. The van der Waals surface area contributed by atoms with Crippen molar-refractivity contribution in [2.45, 2.75) is 13.0 Å². The van der Waals surface area contributed by atoms with Crippen molar-refractivity contribution in [3.63, 3.8) is 0 Å². The number of carbonyl (C=O) groups is 1. The number of pyridine rings is 1. The number of nitrogens with zero attached hydrogens (tertiary/aromatic N) is 1. The Labute approximate surface area is 146 Å². The number of carbonyl (C=O) groups excluding carboxylic acids is 1. The Kier molecular flexibility index (Phi) is 7.11. The predicted octanol–water partition coefficient (Wildman–Crippen LogP) is 4.07. The molecule has 0 saturated heterocycles. The molecule has 24 heavy (non-hydrogen) atoms. The fourth-order valence-electron chi connectivity index (χ4n) is 1.97. The van der Waals surface area contributed by atoms with Gasteiger partial charge in [-0.2, -0.15) is 0 Å². The van der Waals surface area contributed by atoms with Gasteiger partial charge in [0.1, 0.15) is 6.61 Å². The highest BCUT2D eigenvalue weighted by atomic mass is 35.5. The van der Waals surface area contributed by atoms with E-state index in [0.29, 0.717) is 23.9 Å². The second-order valence-corrected chi connectivity index (χ2v) is 5.37. The molecule has 0 radical (unpaired) electrons. The van der Waals surface area contributed by atoms with Crippen LogP contribution in [-0.4, -0.2) is 24.7 Å². The van der Waals surface area contributed by atoms with Gasteiger partial charge in [0.25, 0.3) is 0 Å². The fourth-order valence-corrected chi connectivity index (χ4v) is 2.14. The Balaban J connectivity index is 1.70. The first-order valence-electron chi connectivity index (χ1n) is 7.49. The molecule has 1 aromatic heterocycles. The van der Waals surface area contributed by atoms with Crippen molar-refractivity contribution in [1.29, 1.82) is 0 Å². The summed E-state index contributed by atoms with van der Waals surface area (Å²) in [6, 6.07) is 11.3. The molecule has 2 rings (SSSR count). The molecule has 1 aromatic carbocycles. The smallest absolute Gasteiger partial charge is 0.407 e. The summed E-state index contributed by atoms with van der Waals surface area (Å²) in [6.07, 6.45) is 5.51. The molecule has 1 heterocycles. The van der Waals surface area contributed by atoms with Crippen molar-refractivity contribution >= 4 is 23.8 Å². The number of rotatable bonds is 7. The van der Waals surface area contributed by atoms with E-state index in [1.165, 1.54) is 6.20 Å². The van der Waals surface area contributed by atoms with Gasteiger partial charge in [0.05, 0.1) is 12.1 Å². The zero-order valence-corrected chi connectivity index (χ0v) is 14.1. The number of alkyl carbamates (subject to hydrolysis) is 1. The number of methoxy groups -OCH3 is 1. The maximum absolute atomic E-state index is 11.6. The monoisotopic (exact) mass is 346 g/mol. The number of benzene rings is 1. The van der Waals surface area contributed by atoms with Gasteiger partial charge in [-0.05, 0) is 18.1 Å². The molecule has 126 valence electrons. The number of nitrogens with one attached hydrogen (secondary N) is 1. The first-order valence-corrected chi connectivity index (χ1v) is 7.87. The number of aromatic nitrogens is 1. The normalized spacial score (nSPS) is 10.6. The van der Waals surface area contributed by atoms with Crippen molar-refractivity contribution in [2.75, 3.05) is 13.7 Å². The zero-order chi connectivity index (χ0) is 17.2. The van der Waals surface area contributed by atoms with Crippen molar-refractivity contribution < 1.29 is 14.3 Å². The lowest BCUT2D eigenvalue weighted by Gasteiger charge is -2.06. The summed E-state index contributed by atoms with van der Waals surface area (Å²) in [6.45, 7) is 0.730. The molecule has 0 atom stereocenters. The Morgan fingerprint density at radius 2 is 2.12 bits per heavy atom. The molecular formula is C18H19ClN2O3. The Morgan fingerprint density at radius 3 is 2.88 bits per heavy atom. The van der Waals surface area contributed by atoms with E-state index in [2.05, 4.69) is 10.3 Å².